The van der Waals surface area contributed by atoms with Crippen LogP contribution in [0.25, 0.3) is 11.5 Å². The summed E-state index contributed by atoms with van der Waals surface area (Å²) < 4.78 is 7.52. The molecule has 1 N–H and O–H groups in total. The minimum absolute atomic E-state index is 0.0996. The molecule has 1 amide bonds. The Morgan fingerprint density at radius 3 is 2.34 bits per heavy atom. The Kier molecular flexibility index (Phi) is 8.84. The number of aromatic nitrogens is 2. The first-order valence-corrected chi connectivity index (χ1v) is 11.9. The largest absolute Gasteiger partial charge is 0.409 e. The quantitative estimate of drug-likeness (QED) is 0.547. The van der Waals surface area contributed by atoms with E-state index in [0.717, 1.165) is 51.4 Å². The van der Waals surface area contributed by atoms with E-state index in [1.165, 1.54) is 5.69 Å². The van der Waals surface area contributed by atoms with E-state index < -0.39 is 0 Å². The summed E-state index contributed by atoms with van der Waals surface area (Å²) in [5, 5.41) is 7.60. The van der Waals surface area contributed by atoms with Crippen molar-refractivity contribution in [2.75, 3.05) is 57.3 Å². The summed E-state index contributed by atoms with van der Waals surface area (Å²) in [5.74, 6) is 1.11. The van der Waals surface area contributed by atoms with Crippen molar-refractivity contribution >= 4 is 23.8 Å². The third kappa shape index (κ3) is 6.63. The summed E-state index contributed by atoms with van der Waals surface area (Å²) in [7, 11) is 0. The number of hydrogen-bond acceptors (Lipinski definition) is 7. The van der Waals surface area contributed by atoms with Gasteiger partial charge < -0.3 is 14.6 Å². The van der Waals surface area contributed by atoms with Gasteiger partial charge in [0, 0.05) is 57.1 Å². The van der Waals surface area contributed by atoms with Crippen molar-refractivity contribution in [2.45, 2.75) is 34.4 Å². The molecule has 2 aromatic rings. The number of piperazine rings is 1. The predicted octanol–water partition coefficient (Wildman–Crippen LogP) is 3.07. The molecule has 0 atom stereocenters. The molecule has 9 heteroatoms. The minimum atomic E-state index is 0.0996. The molecule has 2 heterocycles. The van der Waals surface area contributed by atoms with Crippen LogP contribution in [0.4, 0.5) is 5.69 Å². The zero-order valence-electron chi connectivity index (χ0n) is 19.7. The Hall–Kier alpha value is -2.23. The van der Waals surface area contributed by atoms with Crippen LogP contribution < -0.4 is 10.2 Å². The molecule has 0 bridgehead atoms. The minimum Gasteiger partial charge on any atom is -0.409 e. The van der Waals surface area contributed by atoms with Gasteiger partial charge in [0.1, 0.15) is 0 Å². The molecule has 1 aliphatic rings. The first kappa shape index (κ1) is 24.4. The van der Waals surface area contributed by atoms with Crippen molar-refractivity contribution in [1.82, 2.24) is 24.9 Å². The zero-order valence-corrected chi connectivity index (χ0v) is 20.5. The fraction of sp³-hybridized carbons (Fsp3) is 0.609. The highest BCUT2D eigenvalue weighted by atomic mass is 32.1. The second-order valence-corrected chi connectivity index (χ2v) is 8.97. The predicted molar refractivity (Wildman–Crippen MR) is 130 cm³/mol. The highest BCUT2D eigenvalue weighted by Crippen LogP contribution is 2.22. The molecule has 3 rings (SSSR count). The van der Waals surface area contributed by atoms with E-state index in [1.54, 1.807) is 4.68 Å². The maximum Gasteiger partial charge on any atom is 0.288 e. The van der Waals surface area contributed by atoms with E-state index in [1.807, 2.05) is 12.1 Å². The van der Waals surface area contributed by atoms with Gasteiger partial charge in [0.05, 0.1) is 13.2 Å². The third-order valence-electron chi connectivity index (χ3n) is 5.72. The van der Waals surface area contributed by atoms with Gasteiger partial charge in [-0.1, -0.05) is 13.8 Å². The molecule has 0 saturated carbocycles. The highest BCUT2D eigenvalue weighted by molar-refractivity contribution is 7.71. The van der Waals surface area contributed by atoms with E-state index in [9.17, 15) is 4.79 Å². The first-order chi connectivity index (χ1) is 15.4. The van der Waals surface area contributed by atoms with Crippen LogP contribution in [0.5, 0.6) is 0 Å². The van der Waals surface area contributed by atoms with Gasteiger partial charge in [0.15, 0.2) is 0 Å². The molecule has 0 aliphatic carbocycles. The first-order valence-electron chi connectivity index (χ1n) is 11.5. The molecule has 1 fully saturated rings. The zero-order chi connectivity index (χ0) is 23.1. The number of nitrogens with one attached hydrogen (secondary N) is 1. The Balaban J connectivity index is 1.53. The molecule has 1 aromatic carbocycles. The van der Waals surface area contributed by atoms with E-state index in [4.69, 9.17) is 16.6 Å². The number of nitrogens with zero attached hydrogens (tertiary/aromatic N) is 5. The Bertz CT molecular complexity index is 911. The van der Waals surface area contributed by atoms with Crippen LogP contribution in [0.15, 0.2) is 28.7 Å². The smallest absolute Gasteiger partial charge is 0.288 e. The average Bonchev–Trinajstić information content (AvgIpc) is 3.15. The van der Waals surface area contributed by atoms with Gasteiger partial charge in [-0.15, -0.1) is 5.10 Å². The normalized spacial score (nSPS) is 15.3. The number of hydrogen-bond donors (Lipinski definition) is 1. The van der Waals surface area contributed by atoms with Gasteiger partial charge in [0.2, 0.25) is 11.8 Å². The lowest BCUT2D eigenvalue weighted by atomic mass is 10.2. The molecular weight excluding hydrogens is 424 g/mol. The van der Waals surface area contributed by atoms with Crippen LogP contribution in [-0.2, 0) is 11.5 Å². The summed E-state index contributed by atoms with van der Waals surface area (Å²) in [6.45, 7) is 15.6. The van der Waals surface area contributed by atoms with Crippen LogP contribution in [0.3, 0.4) is 0 Å². The van der Waals surface area contributed by atoms with E-state index in [-0.39, 0.29) is 5.91 Å². The number of carbonyl (C=O) groups is 1. The van der Waals surface area contributed by atoms with Gasteiger partial charge in [-0.3, -0.25) is 14.6 Å². The average molecular weight is 461 g/mol. The van der Waals surface area contributed by atoms with Crippen molar-refractivity contribution < 1.29 is 9.21 Å². The Labute approximate surface area is 196 Å². The third-order valence-corrected chi connectivity index (χ3v) is 6.02. The van der Waals surface area contributed by atoms with Crippen molar-refractivity contribution in [3.63, 3.8) is 0 Å². The van der Waals surface area contributed by atoms with Crippen LogP contribution in [0.1, 0.15) is 27.7 Å². The molecule has 0 unspecified atom stereocenters. The van der Waals surface area contributed by atoms with Gasteiger partial charge in [-0.05, 0) is 56.2 Å². The van der Waals surface area contributed by atoms with Gasteiger partial charge >= 0.3 is 0 Å². The molecule has 0 spiro atoms. The summed E-state index contributed by atoms with van der Waals surface area (Å²) >= 11 is 5.41. The number of anilines is 1. The molecular formula is C23H36N6O2S. The van der Waals surface area contributed by atoms with Crippen molar-refractivity contribution in [1.29, 1.82) is 0 Å². The van der Waals surface area contributed by atoms with Crippen molar-refractivity contribution in [2.24, 2.45) is 5.92 Å². The summed E-state index contributed by atoms with van der Waals surface area (Å²) in [6.07, 6.45) is 0. The lowest BCUT2D eigenvalue weighted by Gasteiger charge is -2.33. The molecule has 32 heavy (non-hydrogen) atoms. The Morgan fingerprint density at radius 2 is 1.75 bits per heavy atom. The maximum atomic E-state index is 12.1. The molecule has 0 radical (unpaired) electrons. The van der Waals surface area contributed by atoms with Crippen LogP contribution in [-0.4, -0.2) is 77.8 Å². The van der Waals surface area contributed by atoms with Crippen LogP contribution >= 0.6 is 12.2 Å². The molecule has 1 aromatic heterocycles. The SMILES string of the molecule is CCN(CC)c1ccc(-c2nn(CN3CCN(CC(=O)NCC(C)C)CC3)c(=S)o2)cc1. The van der Waals surface area contributed by atoms with Crippen LogP contribution in [0.2, 0.25) is 0 Å². The second-order valence-electron chi connectivity index (χ2n) is 8.63. The molecule has 8 nitrogen and oxygen atoms in total. The summed E-state index contributed by atoms with van der Waals surface area (Å²) in [5.41, 5.74) is 2.11. The number of benzene rings is 1. The van der Waals surface area contributed by atoms with Gasteiger partial charge in [-0.2, -0.15) is 0 Å². The lowest BCUT2D eigenvalue weighted by Crippen LogP contribution is -2.50. The monoisotopic (exact) mass is 460 g/mol. The maximum absolute atomic E-state index is 12.1. The highest BCUT2D eigenvalue weighted by Gasteiger charge is 2.20. The van der Waals surface area contributed by atoms with Gasteiger partial charge in [-0.25, -0.2) is 4.68 Å². The van der Waals surface area contributed by atoms with Gasteiger partial charge in [0.25, 0.3) is 4.84 Å². The number of rotatable bonds is 10. The van der Waals surface area contributed by atoms with E-state index in [2.05, 4.69) is 64.9 Å². The molecule has 1 saturated heterocycles. The number of carbonyl (C=O) groups excluding carboxylic acids is 1. The Morgan fingerprint density at radius 1 is 1.12 bits per heavy atom. The molecule has 176 valence electrons. The number of amides is 1. The molecule has 1 aliphatic heterocycles. The van der Waals surface area contributed by atoms with E-state index in [0.29, 0.717) is 29.9 Å². The standard InChI is InChI=1S/C23H36N6O2S/c1-5-28(6-2)20-9-7-19(8-10-20)22-25-29(23(32)31-22)17-27-13-11-26(12-14-27)16-21(30)24-15-18(3)4/h7-10,18H,5-6,11-17H2,1-4H3,(H,24,30). The van der Waals surface area contributed by atoms with E-state index >= 15 is 0 Å². The van der Waals surface area contributed by atoms with Crippen molar-refractivity contribution in [3.05, 3.63) is 29.1 Å². The fourth-order valence-corrected chi connectivity index (χ4v) is 3.95. The second kappa shape index (κ2) is 11.6. The summed E-state index contributed by atoms with van der Waals surface area (Å²) in [6, 6.07) is 8.25. The lowest BCUT2D eigenvalue weighted by molar-refractivity contribution is -0.122. The summed E-state index contributed by atoms with van der Waals surface area (Å²) in [4.78, 5) is 19.2. The van der Waals surface area contributed by atoms with Crippen molar-refractivity contribution in [3.8, 4) is 11.5 Å². The topological polar surface area (TPSA) is 69.8 Å². The van der Waals surface area contributed by atoms with Crippen LogP contribution in [0, 0.1) is 10.8 Å². The fourth-order valence-electron chi connectivity index (χ4n) is 3.77.